The van der Waals surface area contributed by atoms with E-state index in [0.29, 0.717) is 12.0 Å². The van der Waals surface area contributed by atoms with E-state index < -0.39 is 0 Å². The van der Waals surface area contributed by atoms with Gasteiger partial charge in [0.2, 0.25) is 0 Å². The molecule has 2 aromatic heterocycles. The van der Waals surface area contributed by atoms with Crippen molar-refractivity contribution in [2.45, 2.75) is 57.4 Å². The number of aliphatic hydroxyl groups is 1. The molecule has 0 spiro atoms. The average Bonchev–Trinajstić information content (AvgIpc) is 3.50. The molecular formula is C26H31N5O. The molecule has 2 fully saturated rings. The Morgan fingerprint density at radius 1 is 1.03 bits per heavy atom. The minimum absolute atomic E-state index is 0.248. The smallest absolute Gasteiger partial charge is 0.129 e. The molecule has 0 bridgehead atoms. The van der Waals surface area contributed by atoms with Crippen LogP contribution in [0.1, 0.15) is 56.6 Å². The van der Waals surface area contributed by atoms with Crippen LogP contribution in [0.2, 0.25) is 0 Å². The van der Waals surface area contributed by atoms with Gasteiger partial charge in [-0.1, -0.05) is 25.3 Å². The lowest BCUT2D eigenvalue weighted by Crippen LogP contribution is -2.37. The Labute approximate surface area is 189 Å². The molecule has 4 heterocycles. The highest BCUT2D eigenvalue weighted by atomic mass is 16.3. The minimum Gasteiger partial charge on any atom is -0.396 e. The Kier molecular flexibility index (Phi) is 5.18. The summed E-state index contributed by atoms with van der Waals surface area (Å²) in [5.41, 5.74) is 6.53. The lowest BCUT2D eigenvalue weighted by molar-refractivity contribution is 0.208. The molecular weight excluding hydrogens is 398 g/mol. The summed E-state index contributed by atoms with van der Waals surface area (Å²) in [4.78, 5) is 16.9. The molecule has 0 radical (unpaired) electrons. The number of anilines is 1. The number of rotatable bonds is 4. The van der Waals surface area contributed by atoms with Crippen molar-refractivity contribution in [2.24, 2.45) is 10.9 Å². The summed E-state index contributed by atoms with van der Waals surface area (Å²) in [6.45, 7) is 2.11. The number of aliphatic hydroxyl groups excluding tert-OH is 1. The first-order chi connectivity index (χ1) is 15.8. The molecule has 3 aromatic rings. The number of nitrogens with zero attached hydrogens (tertiary/aromatic N) is 5. The molecule has 1 aromatic carbocycles. The van der Waals surface area contributed by atoms with Crippen molar-refractivity contribution < 1.29 is 5.11 Å². The van der Waals surface area contributed by atoms with Gasteiger partial charge in [0.15, 0.2) is 0 Å². The van der Waals surface area contributed by atoms with Crippen LogP contribution in [0.25, 0.3) is 22.3 Å². The van der Waals surface area contributed by atoms with Crippen LogP contribution in [0.15, 0.2) is 35.6 Å². The Hall–Kier alpha value is -2.73. The molecule has 2 aliphatic heterocycles. The lowest BCUT2D eigenvalue weighted by Gasteiger charge is -2.33. The van der Waals surface area contributed by atoms with Gasteiger partial charge in [0, 0.05) is 43.9 Å². The molecule has 6 nitrogen and oxygen atoms in total. The Morgan fingerprint density at radius 3 is 2.81 bits per heavy atom. The summed E-state index contributed by atoms with van der Waals surface area (Å²) in [7, 11) is 0. The lowest BCUT2D eigenvalue weighted by atomic mass is 9.95. The van der Waals surface area contributed by atoms with Gasteiger partial charge in [0.05, 0.1) is 28.7 Å². The van der Waals surface area contributed by atoms with Crippen LogP contribution in [0.4, 0.5) is 11.5 Å². The van der Waals surface area contributed by atoms with Crippen molar-refractivity contribution >= 4 is 28.8 Å². The average molecular weight is 430 g/mol. The van der Waals surface area contributed by atoms with Gasteiger partial charge in [0.25, 0.3) is 0 Å². The third kappa shape index (κ3) is 3.51. The maximum absolute atomic E-state index is 9.66. The third-order valence-electron chi connectivity index (χ3n) is 7.51. The highest BCUT2D eigenvalue weighted by Gasteiger charge is 2.24. The Bertz CT molecular complexity index is 1160. The first-order valence-electron chi connectivity index (χ1n) is 12.2. The van der Waals surface area contributed by atoms with E-state index in [1.807, 2.05) is 12.5 Å². The van der Waals surface area contributed by atoms with E-state index in [9.17, 15) is 5.11 Å². The SMILES string of the molecule is OCC1CCCN(c2cc3c(c(-c4ccc5c(c4)ncn5C4CCCCC4)n2)N=CC3)C1. The highest BCUT2D eigenvalue weighted by molar-refractivity contribution is 5.89. The van der Waals surface area contributed by atoms with Gasteiger partial charge < -0.3 is 14.6 Å². The molecule has 6 rings (SSSR count). The number of imidazole rings is 1. The van der Waals surface area contributed by atoms with Gasteiger partial charge >= 0.3 is 0 Å². The van der Waals surface area contributed by atoms with Crippen molar-refractivity contribution in [3.63, 3.8) is 0 Å². The molecule has 1 N–H and O–H groups in total. The summed E-state index contributed by atoms with van der Waals surface area (Å²) in [5.74, 6) is 1.34. The topological polar surface area (TPSA) is 66.5 Å². The summed E-state index contributed by atoms with van der Waals surface area (Å²) in [5, 5.41) is 9.66. The molecule has 1 saturated heterocycles. The maximum atomic E-state index is 9.66. The predicted octanol–water partition coefficient (Wildman–Crippen LogP) is 5.07. The van der Waals surface area contributed by atoms with E-state index >= 15 is 0 Å². The molecule has 1 unspecified atom stereocenters. The van der Waals surface area contributed by atoms with Crippen molar-refractivity contribution in [1.82, 2.24) is 14.5 Å². The summed E-state index contributed by atoms with van der Waals surface area (Å²) in [6, 6.07) is 9.36. The number of benzene rings is 1. The van der Waals surface area contributed by atoms with Crippen LogP contribution in [-0.2, 0) is 6.42 Å². The summed E-state index contributed by atoms with van der Waals surface area (Å²) in [6.07, 6.45) is 13.6. The molecule has 1 saturated carbocycles. The second-order valence-corrected chi connectivity index (χ2v) is 9.64. The summed E-state index contributed by atoms with van der Waals surface area (Å²) < 4.78 is 2.38. The Morgan fingerprint density at radius 2 is 1.94 bits per heavy atom. The second kappa shape index (κ2) is 8.32. The van der Waals surface area contributed by atoms with Crippen LogP contribution in [-0.4, -0.2) is 45.6 Å². The van der Waals surface area contributed by atoms with Gasteiger partial charge in [-0.15, -0.1) is 0 Å². The fourth-order valence-corrected chi connectivity index (χ4v) is 5.73. The summed E-state index contributed by atoms with van der Waals surface area (Å²) >= 11 is 0. The van der Waals surface area contributed by atoms with E-state index in [0.717, 1.165) is 60.6 Å². The monoisotopic (exact) mass is 429 g/mol. The van der Waals surface area contributed by atoms with Crippen LogP contribution >= 0.6 is 0 Å². The molecule has 1 atom stereocenters. The quantitative estimate of drug-likeness (QED) is 0.629. The third-order valence-corrected chi connectivity index (χ3v) is 7.51. The highest BCUT2D eigenvalue weighted by Crippen LogP contribution is 2.39. The van der Waals surface area contributed by atoms with Gasteiger partial charge in [0.1, 0.15) is 5.82 Å². The number of aliphatic imine (C=N–C) groups is 1. The fraction of sp³-hybridized carbons (Fsp3) is 0.500. The fourth-order valence-electron chi connectivity index (χ4n) is 5.73. The van der Waals surface area contributed by atoms with Crippen LogP contribution < -0.4 is 4.90 Å². The van der Waals surface area contributed by atoms with Gasteiger partial charge in [-0.3, -0.25) is 4.99 Å². The number of fused-ring (bicyclic) bond motifs is 2. The number of aromatic nitrogens is 3. The largest absolute Gasteiger partial charge is 0.396 e. The normalized spacial score (nSPS) is 21.4. The molecule has 6 heteroatoms. The van der Waals surface area contributed by atoms with Crippen molar-refractivity contribution in [1.29, 1.82) is 0 Å². The molecule has 166 valence electrons. The van der Waals surface area contributed by atoms with Crippen LogP contribution in [0, 0.1) is 5.92 Å². The van der Waals surface area contributed by atoms with E-state index in [1.54, 1.807) is 0 Å². The van der Waals surface area contributed by atoms with E-state index in [-0.39, 0.29) is 6.61 Å². The van der Waals surface area contributed by atoms with Gasteiger partial charge in [-0.05, 0) is 55.4 Å². The first kappa shape index (κ1) is 19.9. The zero-order valence-corrected chi connectivity index (χ0v) is 18.6. The van der Waals surface area contributed by atoms with Crippen LogP contribution in [0.3, 0.4) is 0 Å². The molecule has 0 amide bonds. The van der Waals surface area contributed by atoms with Crippen molar-refractivity contribution in [2.75, 3.05) is 24.6 Å². The van der Waals surface area contributed by atoms with E-state index in [4.69, 9.17) is 9.97 Å². The van der Waals surface area contributed by atoms with Gasteiger partial charge in [-0.2, -0.15) is 0 Å². The number of hydrogen-bond acceptors (Lipinski definition) is 5. The number of pyridine rings is 1. The van der Waals surface area contributed by atoms with Crippen molar-refractivity contribution in [3.8, 4) is 11.3 Å². The molecule has 1 aliphatic carbocycles. The Balaban J connectivity index is 1.38. The van der Waals surface area contributed by atoms with E-state index in [2.05, 4.69) is 38.7 Å². The van der Waals surface area contributed by atoms with E-state index in [1.165, 1.54) is 43.2 Å². The second-order valence-electron chi connectivity index (χ2n) is 9.64. The predicted molar refractivity (Wildman–Crippen MR) is 129 cm³/mol. The van der Waals surface area contributed by atoms with Crippen molar-refractivity contribution in [3.05, 3.63) is 36.2 Å². The molecule has 32 heavy (non-hydrogen) atoms. The zero-order valence-electron chi connectivity index (χ0n) is 18.6. The maximum Gasteiger partial charge on any atom is 0.129 e. The standard InChI is InChI=1S/C26H31N5O/c32-16-18-5-4-12-30(15-18)24-14-20-10-11-27-25(20)26(29-24)19-8-9-23-22(13-19)28-17-31(23)21-6-2-1-3-7-21/h8-9,11,13-14,17-18,21,32H,1-7,10,12,15-16H2. The minimum atomic E-state index is 0.248. The number of hydrogen-bond donors (Lipinski definition) is 1. The zero-order chi connectivity index (χ0) is 21.5. The van der Waals surface area contributed by atoms with Gasteiger partial charge in [-0.25, -0.2) is 9.97 Å². The molecule has 3 aliphatic rings. The first-order valence-corrected chi connectivity index (χ1v) is 12.2. The number of piperidine rings is 1. The van der Waals surface area contributed by atoms with Crippen LogP contribution in [0.5, 0.6) is 0 Å².